The first-order valence-corrected chi connectivity index (χ1v) is 14.1. The number of para-hydroxylation sites is 1. The summed E-state index contributed by atoms with van der Waals surface area (Å²) in [6.45, 7) is 0.458. The van der Waals surface area contributed by atoms with Crippen molar-refractivity contribution in [3.8, 4) is 22.6 Å². The van der Waals surface area contributed by atoms with Gasteiger partial charge in [-0.1, -0.05) is 60.7 Å². The molecule has 0 fully saturated rings. The van der Waals surface area contributed by atoms with Crippen LogP contribution in [0.4, 0.5) is 4.39 Å². The number of methoxy groups -OCH3 is 2. The largest absolute Gasteiger partial charge is 0.496 e. The minimum Gasteiger partial charge on any atom is -0.496 e. The summed E-state index contributed by atoms with van der Waals surface area (Å²) in [5.41, 5.74) is 2.83. The van der Waals surface area contributed by atoms with E-state index in [-0.39, 0.29) is 22.3 Å². The van der Waals surface area contributed by atoms with Crippen molar-refractivity contribution in [1.29, 1.82) is 0 Å². The molecule has 0 aliphatic rings. The third kappa shape index (κ3) is 6.83. The molecule has 8 heteroatoms. The van der Waals surface area contributed by atoms with Crippen molar-refractivity contribution >= 4 is 15.7 Å². The number of carbonyl (C=O) groups excluding carboxylic acids is 1. The molecule has 202 valence electrons. The molecule has 6 nitrogen and oxygen atoms in total. The number of halogens is 1. The number of aryl methyl sites for hydroxylation is 1. The number of amides is 1. The third-order valence-electron chi connectivity index (χ3n) is 6.31. The predicted molar refractivity (Wildman–Crippen MR) is 149 cm³/mol. The van der Waals surface area contributed by atoms with Crippen molar-refractivity contribution in [1.82, 2.24) is 5.32 Å². The molecule has 0 aromatic heterocycles. The third-order valence-corrected chi connectivity index (χ3v) is 8.01. The van der Waals surface area contributed by atoms with Gasteiger partial charge in [-0.15, -0.1) is 0 Å². The summed E-state index contributed by atoms with van der Waals surface area (Å²) in [6.07, 6.45) is 1.34. The topological polar surface area (TPSA) is 81.7 Å². The minimum atomic E-state index is -3.81. The van der Waals surface area contributed by atoms with E-state index >= 15 is 0 Å². The van der Waals surface area contributed by atoms with E-state index in [9.17, 15) is 17.6 Å². The Kier molecular flexibility index (Phi) is 8.99. The Morgan fingerprint density at radius 1 is 0.821 bits per heavy atom. The molecular weight excluding hydrogens is 517 g/mol. The summed E-state index contributed by atoms with van der Waals surface area (Å²) in [5, 5.41) is 2.90. The Balaban J connectivity index is 1.43. The van der Waals surface area contributed by atoms with Crippen LogP contribution in [0.2, 0.25) is 0 Å². The molecule has 4 rings (SSSR count). The second-order valence-corrected chi connectivity index (χ2v) is 10.9. The summed E-state index contributed by atoms with van der Waals surface area (Å²) < 4.78 is 51.8. The maximum atomic E-state index is 14.4. The summed E-state index contributed by atoms with van der Waals surface area (Å²) in [5.74, 6) is -0.156. The van der Waals surface area contributed by atoms with Gasteiger partial charge in [0, 0.05) is 12.1 Å². The summed E-state index contributed by atoms with van der Waals surface area (Å²) in [4.78, 5) is 12.5. The highest BCUT2D eigenvalue weighted by atomic mass is 32.2. The van der Waals surface area contributed by atoms with Gasteiger partial charge in [0.05, 0.1) is 25.5 Å². The van der Waals surface area contributed by atoms with Gasteiger partial charge < -0.3 is 14.8 Å². The van der Waals surface area contributed by atoms with E-state index < -0.39 is 15.7 Å². The Bertz CT molecular complexity index is 1570. The van der Waals surface area contributed by atoms with Gasteiger partial charge in [0.25, 0.3) is 5.91 Å². The number of sulfone groups is 1. The number of hydrogen-bond acceptors (Lipinski definition) is 5. The van der Waals surface area contributed by atoms with Crippen LogP contribution >= 0.6 is 0 Å². The molecule has 4 aromatic carbocycles. The fraction of sp³-hybridized carbons (Fsp3) is 0.194. The van der Waals surface area contributed by atoms with Crippen LogP contribution in [0.3, 0.4) is 0 Å². The van der Waals surface area contributed by atoms with Crippen LogP contribution in [0.1, 0.15) is 27.9 Å². The molecule has 0 aliphatic heterocycles. The van der Waals surface area contributed by atoms with Gasteiger partial charge in [-0.2, -0.15) is 0 Å². The molecular formula is C31H30FNO5S. The molecule has 0 radical (unpaired) electrons. The van der Waals surface area contributed by atoms with Gasteiger partial charge in [0.2, 0.25) is 0 Å². The molecule has 0 heterocycles. The molecule has 0 aliphatic carbocycles. The van der Waals surface area contributed by atoms with Crippen LogP contribution in [0.25, 0.3) is 11.1 Å². The van der Waals surface area contributed by atoms with Crippen molar-refractivity contribution < 1.29 is 27.1 Å². The first-order valence-electron chi connectivity index (χ1n) is 12.5. The lowest BCUT2D eigenvalue weighted by atomic mass is 10.1. The molecule has 1 amide bonds. The fourth-order valence-corrected chi connectivity index (χ4v) is 5.91. The van der Waals surface area contributed by atoms with Crippen LogP contribution < -0.4 is 14.8 Å². The van der Waals surface area contributed by atoms with E-state index in [4.69, 9.17) is 9.47 Å². The number of hydrogen-bond donors (Lipinski definition) is 1. The lowest BCUT2D eigenvalue weighted by Gasteiger charge is -2.13. The average molecular weight is 548 g/mol. The molecule has 0 unspecified atom stereocenters. The molecule has 0 saturated carbocycles. The Morgan fingerprint density at radius 2 is 1.54 bits per heavy atom. The monoisotopic (exact) mass is 547 g/mol. The number of ether oxygens (including phenoxy) is 2. The normalized spacial score (nSPS) is 11.2. The smallest absolute Gasteiger partial charge is 0.255 e. The van der Waals surface area contributed by atoms with Gasteiger partial charge in [-0.05, 0) is 59.9 Å². The zero-order valence-corrected chi connectivity index (χ0v) is 22.6. The number of nitrogens with one attached hydrogen (secondary N) is 1. The first kappa shape index (κ1) is 27.9. The summed E-state index contributed by atoms with van der Waals surface area (Å²) in [7, 11) is -0.876. The first-order chi connectivity index (χ1) is 18.8. The molecule has 39 heavy (non-hydrogen) atoms. The van der Waals surface area contributed by atoms with E-state index in [1.807, 2.05) is 18.2 Å². The van der Waals surface area contributed by atoms with Crippen LogP contribution in [0.5, 0.6) is 11.5 Å². The Morgan fingerprint density at radius 3 is 2.31 bits per heavy atom. The predicted octanol–water partition coefficient (Wildman–Crippen LogP) is 5.85. The minimum absolute atomic E-state index is 0.00945. The standard InChI is InChI=1S/C31H30FNO5S/c1-37-28-15-6-4-13-26(28)31(34)33-18-8-11-22-9-7-10-23(19-22)21-39(35,36)30-20-24(16-17-29(30)38-2)25-12-3-5-14-27(25)32/h3-7,9-10,12-17,19-20H,8,11,18,21H2,1-2H3,(H,33,34). The zero-order valence-electron chi connectivity index (χ0n) is 21.8. The maximum absolute atomic E-state index is 14.4. The van der Waals surface area contributed by atoms with Gasteiger partial charge in [0.1, 0.15) is 22.2 Å². The molecule has 0 spiro atoms. The van der Waals surface area contributed by atoms with Crippen LogP contribution in [0.15, 0.2) is 95.9 Å². The molecule has 1 N–H and O–H groups in total. The van der Waals surface area contributed by atoms with Gasteiger partial charge in [0.15, 0.2) is 9.84 Å². The highest BCUT2D eigenvalue weighted by Crippen LogP contribution is 2.33. The zero-order chi connectivity index (χ0) is 27.8. The van der Waals surface area contributed by atoms with E-state index in [2.05, 4.69) is 5.32 Å². The van der Waals surface area contributed by atoms with Crippen molar-refractivity contribution in [2.45, 2.75) is 23.5 Å². The SMILES string of the molecule is COc1ccccc1C(=O)NCCCc1cccc(CS(=O)(=O)c2cc(-c3ccccc3F)ccc2OC)c1. The van der Waals surface area contributed by atoms with Crippen molar-refractivity contribution in [2.24, 2.45) is 0 Å². The average Bonchev–Trinajstić information content (AvgIpc) is 2.95. The van der Waals surface area contributed by atoms with E-state index in [0.29, 0.717) is 47.4 Å². The quantitative estimate of drug-likeness (QED) is 0.238. The maximum Gasteiger partial charge on any atom is 0.255 e. The van der Waals surface area contributed by atoms with Crippen molar-refractivity contribution in [3.63, 3.8) is 0 Å². The van der Waals surface area contributed by atoms with E-state index in [1.54, 1.807) is 60.7 Å². The number of benzene rings is 4. The fourth-order valence-electron chi connectivity index (χ4n) is 4.38. The number of carbonyl (C=O) groups is 1. The highest BCUT2D eigenvalue weighted by Gasteiger charge is 2.22. The molecule has 0 saturated heterocycles. The molecule has 0 bridgehead atoms. The summed E-state index contributed by atoms with van der Waals surface area (Å²) in [6, 6.07) is 25.3. The second-order valence-electron chi connectivity index (χ2n) is 8.98. The van der Waals surface area contributed by atoms with Gasteiger partial charge in [-0.25, -0.2) is 12.8 Å². The van der Waals surface area contributed by atoms with Crippen molar-refractivity contribution in [2.75, 3.05) is 20.8 Å². The lowest BCUT2D eigenvalue weighted by molar-refractivity contribution is 0.0950. The van der Waals surface area contributed by atoms with E-state index in [0.717, 1.165) is 5.56 Å². The number of rotatable bonds is 11. The van der Waals surface area contributed by atoms with Crippen LogP contribution in [-0.4, -0.2) is 35.1 Å². The highest BCUT2D eigenvalue weighted by molar-refractivity contribution is 7.90. The lowest BCUT2D eigenvalue weighted by Crippen LogP contribution is -2.25. The van der Waals surface area contributed by atoms with E-state index in [1.165, 1.54) is 26.4 Å². The molecule has 4 aromatic rings. The van der Waals surface area contributed by atoms with Crippen molar-refractivity contribution in [3.05, 3.63) is 114 Å². The van der Waals surface area contributed by atoms with Gasteiger partial charge >= 0.3 is 0 Å². The van der Waals surface area contributed by atoms with Gasteiger partial charge in [-0.3, -0.25) is 4.79 Å². The Hall–Kier alpha value is -4.17. The van der Waals surface area contributed by atoms with Crippen LogP contribution in [-0.2, 0) is 22.0 Å². The summed E-state index contributed by atoms with van der Waals surface area (Å²) >= 11 is 0. The van der Waals surface area contributed by atoms with Crippen LogP contribution in [0, 0.1) is 5.82 Å². The molecule has 0 atom stereocenters. The Labute approximate surface area is 228 Å². The second kappa shape index (κ2) is 12.6.